The summed E-state index contributed by atoms with van der Waals surface area (Å²) in [5.41, 5.74) is -1.39. The van der Waals surface area contributed by atoms with E-state index in [0.717, 1.165) is 19.3 Å². The van der Waals surface area contributed by atoms with Crippen LogP contribution in [0.2, 0.25) is 0 Å². The van der Waals surface area contributed by atoms with Crippen molar-refractivity contribution in [3.63, 3.8) is 0 Å². The lowest BCUT2D eigenvalue weighted by molar-refractivity contribution is -0.206. The van der Waals surface area contributed by atoms with Gasteiger partial charge in [0, 0.05) is 25.0 Å². The lowest BCUT2D eigenvalue weighted by Gasteiger charge is -2.41. The van der Waals surface area contributed by atoms with E-state index in [1.165, 1.54) is 55.7 Å². The number of hydrogen-bond donors (Lipinski definition) is 5. The number of phenolic OH excluding ortho intramolecular Hbond substituents is 3. The molecule has 4 atom stereocenters. The molecule has 208 valence electrons. The van der Waals surface area contributed by atoms with E-state index in [9.17, 15) is 39.9 Å². The highest BCUT2D eigenvalue weighted by Crippen LogP contribution is 2.34. The Hall–Kier alpha value is -4.55. The lowest BCUT2D eigenvalue weighted by atomic mass is 9.79. The summed E-state index contributed by atoms with van der Waals surface area (Å²) in [6.07, 6.45) is -0.947. The first-order valence-corrected chi connectivity index (χ1v) is 11.6. The zero-order chi connectivity index (χ0) is 28.7. The normalized spacial score (nSPS) is 22.9. The summed E-state index contributed by atoms with van der Waals surface area (Å²) in [6.45, 7) is 0. The van der Waals surface area contributed by atoms with E-state index in [-0.39, 0.29) is 17.2 Å². The third kappa shape index (κ3) is 7.27. The van der Waals surface area contributed by atoms with Crippen molar-refractivity contribution < 1.29 is 58.9 Å². The van der Waals surface area contributed by atoms with Crippen molar-refractivity contribution >= 4 is 30.1 Å². The van der Waals surface area contributed by atoms with Crippen molar-refractivity contribution in [2.45, 2.75) is 36.8 Å². The van der Waals surface area contributed by atoms with Crippen LogP contribution in [0.3, 0.4) is 0 Å². The van der Waals surface area contributed by atoms with Gasteiger partial charge in [-0.05, 0) is 47.5 Å². The molecule has 12 heteroatoms. The minimum absolute atomic E-state index is 0.0958. The molecular weight excluding hydrogens is 516 g/mol. The molecule has 0 radical (unpaired) electrons. The molecular formula is C27H28O12. The molecule has 12 nitrogen and oxygen atoms in total. The zero-order valence-electron chi connectivity index (χ0n) is 21.0. The fourth-order valence-electron chi connectivity index (χ4n) is 3.99. The fraction of sp³-hybridized carbons (Fsp3) is 0.296. The van der Waals surface area contributed by atoms with Gasteiger partial charge in [0.25, 0.3) is 0 Å². The molecule has 1 aliphatic rings. The first kappa shape index (κ1) is 29.0. The summed E-state index contributed by atoms with van der Waals surface area (Å²) in [6, 6.07) is 8.17. The molecule has 0 bridgehead atoms. The molecule has 0 saturated heterocycles. The average Bonchev–Trinajstić information content (AvgIpc) is 2.90. The van der Waals surface area contributed by atoms with Crippen molar-refractivity contribution in [2.24, 2.45) is 0 Å². The number of aliphatic hydroxyl groups excluding tert-OH is 1. The van der Waals surface area contributed by atoms with Crippen LogP contribution in [0.25, 0.3) is 12.2 Å². The third-order valence-electron chi connectivity index (χ3n) is 5.94. The molecule has 39 heavy (non-hydrogen) atoms. The zero-order valence-corrected chi connectivity index (χ0v) is 21.0. The quantitative estimate of drug-likeness (QED) is 0.139. The number of carbonyl (C=O) groups is 3. The Kier molecular flexibility index (Phi) is 9.17. The van der Waals surface area contributed by atoms with Crippen LogP contribution in [0, 0.1) is 0 Å². The maximum absolute atomic E-state index is 12.6. The number of rotatable bonds is 8. The number of esters is 3. The second-order valence-corrected chi connectivity index (χ2v) is 8.72. The van der Waals surface area contributed by atoms with Crippen LogP contribution < -0.4 is 4.74 Å². The van der Waals surface area contributed by atoms with Crippen LogP contribution in [0.15, 0.2) is 48.6 Å². The van der Waals surface area contributed by atoms with E-state index < -0.39 is 60.4 Å². The largest absolute Gasteiger partial charge is 0.504 e. The molecule has 5 N–H and O–H groups in total. The molecule has 0 amide bonds. The Morgan fingerprint density at radius 2 is 1.44 bits per heavy atom. The first-order chi connectivity index (χ1) is 18.4. The standard InChI is InChI=1S/C27H28O12/c1-36-21-12-16(4-8-18(21)29)6-10-24(33)39-25-20(31)13-27(35,26(34)37-2)14-22(25)38-23(32)9-5-15-3-7-17(28)19(30)11-15/h3-12,20,22,25,28-31,35H,13-14H2,1-2H3/b9-5+,10-6+. The Morgan fingerprint density at radius 1 is 0.846 bits per heavy atom. The van der Waals surface area contributed by atoms with Gasteiger partial charge >= 0.3 is 17.9 Å². The number of carbonyl (C=O) groups excluding carboxylic acids is 3. The topological polar surface area (TPSA) is 189 Å². The minimum Gasteiger partial charge on any atom is -0.504 e. The van der Waals surface area contributed by atoms with Crippen LogP contribution in [-0.4, -0.2) is 81.6 Å². The van der Waals surface area contributed by atoms with E-state index in [1.54, 1.807) is 0 Å². The first-order valence-electron chi connectivity index (χ1n) is 11.6. The van der Waals surface area contributed by atoms with Gasteiger partial charge in [-0.1, -0.05) is 12.1 Å². The summed E-state index contributed by atoms with van der Waals surface area (Å²) < 4.78 is 20.3. The highest BCUT2D eigenvalue weighted by molar-refractivity contribution is 5.88. The summed E-state index contributed by atoms with van der Waals surface area (Å²) in [5.74, 6) is -3.64. The van der Waals surface area contributed by atoms with Crippen LogP contribution in [0.5, 0.6) is 23.0 Å². The number of aromatic hydroxyl groups is 3. The number of ether oxygens (including phenoxy) is 4. The molecule has 2 aromatic carbocycles. The SMILES string of the molecule is COC(=O)C1(O)CC(O)C(OC(=O)/C=C/c2ccc(O)c(OC)c2)C(OC(=O)/C=C/c2ccc(O)c(O)c2)C1. The van der Waals surface area contributed by atoms with E-state index in [0.29, 0.717) is 11.1 Å². The highest BCUT2D eigenvalue weighted by atomic mass is 16.6. The van der Waals surface area contributed by atoms with E-state index in [2.05, 4.69) is 4.74 Å². The van der Waals surface area contributed by atoms with Crippen LogP contribution in [-0.2, 0) is 28.6 Å². The second kappa shape index (κ2) is 12.3. The number of hydrogen-bond acceptors (Lipinski definition) is 12. The summed E-state index contributed by atoms with van der Waals surface area (Å²) in [4.78, 5) is 37.3. The van der Waals surface area contributed by atoms with Crippen LogP contribution in [0.1, 0.15) is 24.0 Å². The van der Waals surface area contributed by atoms with Crippen molar-refractivity contribution in [3.8, 4) is 23.0 Å². The minimum atomic E-state index is -2.22. The Labute approximate surface area is 222 Å². The van der Waals surface area contributed by atoms with Gasteiger partial charge in [0.1, 0.15) is 6.10 Å². The summed E-state index contributed by atoms with van der Waals surface area (Å²) in [5, 5.41) is 50.1. The molecule has 1 aliphatic carbocycles. The van der Waals surface area contributed by atoms with Gasteiger partial charge < -0.3 is 44.5 Å². The number of aliphatic hydroxyl groups is 2. The highest BCUT2D eigenvalue weighted by Gasteiger charge is 2.52. The Balaban J connectivity index is 1.77. The van der Waals surface area contributed by atoms with Crippen LogP contribution >= 0.6 is 0 Å². The molecule has 0 aromatic heterocycles. The molecule has 0 spiro atoms. The van der Waals surface area contributed by atoms with E-state index in [1.807, 2.05) is 0 Å². The van der Waals surface area contributed by atoms with Gasteiger partial charge in [-0.2, -0.15) is 0 Å². The maximum Gasteiger partial charge on any atom is 0.338 e. The van der Waals surface area contributed by atoms with Gasteiger partial charge in [0.15, 0.2) is 34.7 Å². The summed E-state index contributed by atoms with van der Waals surface area (Å²) in [7, 11) is 2.40. The summed E-state index contributed by atoms with van der Waals surface area (Å²) >= 11 is 0. The maximum atomic E-state index is 12.6. The predicted octanol–water partition coefficient (Wildman–Crippen LogP) is 1.42. The lowest BCUT2D eigenvalue weighted by Crippen LogP contribution is -2.58. The average molecular weight is 545 g/mol. The van der Waals surface area contributed by atoms with Crippen LogP contribution in [0.4, 0.5) is 0 Å². The van der Waals surface area contributed by atoms with Gasteiger partial charge in [0.05, 0.1) is 20.3 Å². The molecule has 1 fully saturated rings. The number of benzene rings is 2. The van der Waals surface area contributed by atoms with E-state index in [4.69, 9.17) is 14.2 Å². The molecule has 3 rings (SSSR count). The molecule has 2 aromatic rings. The molecule has 4 unspecified atom stereocenters. The van der Waals surface area contributed by atoms with Crippen molar-refractivity contribution in [1.29, 1.82) is 0 Å². The Morgan fingerprint density at radius 3 is 2.03 bits per heavy atom. The van der Waals surface area contributed by atoms with Gasteiger partial charge in [-0.25, -0.2) is 14.4 Å². The monoisotopic (exact) mass is 544 g/mol. The Bertz CT molecular complexity index is 1280. The number of phenols is 3. The van der Waals surface area contributed by atoms with Crippen molar-refractivity contribution in [3.05, 3.63) is 59.7 Å². The van der Waals surface area contributed by atoms with Gasteiger partial charge in [-0.15, -0.1) is 0 Å². The van der Waals surface area contributed by atoms with E-state index >= 15 is 0 Å². The smallest absolute Gasteiger partial charge is 0.338 e. The predicted molar refractivity (Wildman–Crippen MR) is 134 cm³/mol. The fourth-order valence-corrected chi connectivity index (χ4v) is 3.99. The van der Waals surface area contributed by atoms with Gasteiger partial charge in [0.2, 0.25) is 0 Å². The molecule has 0 heterocycles. The number of methoxy groups -OCH3 is 2. The molecule has 1 saturated carbocycles. The van der Waals surface area contributed by atoms with Crippen molar-refractivity contribution in [2.75, 3.05) is 14.2 Å². The second-order valence-electron chi connectivity index (χ2n) is 8.72. The third-order valence-corrected chi connectivity index (χ3v) is 5.94. The van der Waals surface area contributed by atoms with Crippen molar-refractivity contribution in [1.82, 2.24) is 0 Å². The molecule has 0 aliphatic heterocycles. The van der Waals surface area contributed by atoms with Gasteiger partial charge in [-0.3, -0.25) is 0 Å².